The quantitative estimate of drug-likeness (QED) is 0.835. The molecule has 1 atom stereocenters. The molecule has 0 aromatic rings. The molecule has 0 bridgehead atoms. The molecule has 0 saturated carbocycles. The number of nitrogens with zero attached hydrogens (tertiary/aromatic N) is 2. The minimum atomic E-state index is 0.715. The van der Waals surface area contributed by atoms with Crippen LogP contribution in [0.3, 0.4) is 0 Å². The SMILES string of the molecule is CCN1CCC(CNC2CCCN(C(C)C)CC2)CC1. The molecule has 1 unspecified atom stereocenters. The molecular formula is C17H35N3. The molecular weight excluding hydrogens is 246 g/mol. The van der Waals surface area contributed by atoms with Crippen LogP contribution >= 0.6 is 0 Å². The van der Waals surface area contributed by atoms with Crippen molar-refractivity contribution in [1.29, 1.82) is 0 Å². The van der Waals surface area contributed by atoms with Crippen LogP contribution in [0.15, 0.2) is 0 Å². The van der Waals surface area contributed by atoms with Gasteiger partial charge in [0.05, 0.1) is 0 Å². The minimum absolute atomic E-state index is 0.715. The van der Waals surface area contributed by atoms with Gasteiger partial charge in [0.25, 0.3) is 0 Å². The number of hydrogen-bond donors (Lipinski definition) is 1. The van der Waals surface area contributed by atoms with Crippen LogP contribution in [0.1, 0.15) is 52.9 Å². The van der Waals surface area contributed by atoms with E-state index in [0.717, 1.165) is 12.0 Å². The number of rotatable bonds is 5. The Hall–Kier alpha value is -0.120. The van der Waals surface area contributed by atoms with Gasteiger partial charge in [-0.25, -0.2) is 0 Å². The van der Waals surface area contributed by atoms with Gasteiger partial charge in [-0.05, 0) is 91.1 Å². The third-order valence-electron chi connectivity index (χ3n) is 5.34. The Morgan fingerprint density at radius 1 is 1.00 bits per heavy atom. The highest BCUT2D eigenvalue weighted by atomic mass is 15.2. The van der Waals surface area contributed by atoms with Gasteiger partial charge < -0.3 is 15.1 Å². The predicted molar refractivity (Wildman–Crippen MR) is 87.2 cm³/mol. The van der Waals surface area contributed by atoms with Crippen LogP contribution in [-0.4, -0.2) is 61.2 Å². The second-order valence-electron chi connectivity index (χ2n) is 7.04. The van der Waals surface area contributed by atoms with Gasteiger partial charge in [0, 0.05) is 12.1 Å². The Kier molecular flexibility index (Phi) is 6.79. The molecule has 3 nitrogen and oxygen atoms in total. The minimum Gasteiger partial charge on any atom is -0.314 e. The van der Waals surface area contributed by atoms with E-state index in [2.05, 4.69) is 35.9 Å². The Balaban J connectivity index is 1.64. The molecule has 2 aliphatic heterocycles. The highest BCUT2D eigenvalue weighted by Crippen LogP contribution is 2.18. The summed E-state index contributed by atoms with van der Waals surface area (Å²) >= 11 is 0. The van der Waals surface area contributed by atoms with Gasteiger partial charge in [0.1, 0.15) is 0 Å². The lowest BCUT2D eigenvalue weighted by Gasteiger charge is -2.32. The first kappa shape index (κ1) is 16.3. The summed E-state index contributed by atoms with van der Waals surface area (Å²) < 4.78 is 0. The molecule has 2 rings (SSSR count). The molecule has 3 heteroatoms. The second-order valence-corrected chi connectivity index (χ2v) is 7.04. The Morgan fingerprint density at radius 3 is 2.40 bits per heavy atom. The molecule has 20 heavy (non-hydrogen) atoms. The lowest BCUT2D eigenvalue weighted by molar-refractivity contribution is 0.186. The number of hydrogen-bond acceptors (Lipinski definition) is 3. The van der Waals surface area contributed by atoms with Crippen LogP contribution in [0.25, 0.3) is 0 Å². The molecule has 2 fully saturated rings. The largest absolute Gasteiger partial charge is 0.314 e. The second kappa shape index (κ2) is 8.35. The number of piperidine rings is 1. The van der Waals surface area contributed by atoms with E-state index in [-0.39, 0.29) is 0 Å². The van der Waals surface area contributed by atoms with E-state index < -0.39 is 0 Å². The average molecular weight is 281 g/mol. The molecule has 0 amide bonds. The van der Waals surface area contributed by atoms with Gasteiger partial charge in [0.2, 0.25) is 0 Å². The fourth-order valence-corrected chi connectivity index (χ4v) is 3.68. The molecule has 0 spiro atoms. The Morgan fingerprint density at radius 2 is 1.75 bits per heavy atom. The zero-order chi connectivity index (χ0) is 14.4. The highest BCUT2D eigenvalue weighted by Gasteiger charge is 2.21. The molecule has 0 aliphatic carbocycles. The summed E-state index contributed by atoms with van der Waals surface area (Å²) in [7, 11) is 0. The van der Waals surface area contributed by atoms with Gasteiger partial charge in [-0.1, -0.05) is 6.92 Å². The summed E-state index contributed by atoms with van der Waals surface area (Å²) in [6.07, 6.45) is 6.87. The van der Waals surface area contributed by atoms with Crippen molar-refractivity contribution < 1.29 is 0 Å². The normalized spacial score (nSPS) is 27.9. The van der Waals surface area contributed by atoms with E-state index in [9.17, 15) is 0 Å². The van der Waals surface area contributed by atoms with Crippen LogP contribution < -0.4 is 5.32 Å². The zero-order valence-electron chi connectivity index (χ0n) is 13.9. The van der Waals surface area contributed by atoms with Crippen LogP contribution in [0.5, 0.6) is 0 Å². The first-order chi connectivity index (χ1) is 9.69. The van der Waals surface area contributed by atoms with Gasteiger partial charge in [-0.3, -0.25) is 0 Å². The van der Waals surface area contributed by atoms with E-state index >= 15 is 0 Å². The maximum Gasteiger partial charge on any atom is 0.00798 e. The monoisotopic (exact) mass is 281 g/mol. The fourth-order valence-electron chi connectivity index (χ4n) is 3.68. The highest BCUT2D eigenvalue weighted by molar-refractivity contribution is 4.79. The van der Waals surface area contributed by atoms with Crippen molar-refractivity contribution >= 4 is 0 Å². The first-order valence-corrected chi connectivity index (χ1v) is 8.88. The van der Waals surface area contributed by atoms with E-state index in [4.69, 9.17) is 0 Å². The summed E-state index contributed by atoms with van der Waals surface area (Å²) in [5, 5.41) is 3.88. The summed E-state index contributed by atoms with van der Waals surface area (Å²) in [5.41, 5.74) is 0. The smallest absolute Gasteiger partial charge is 0.00798 e. The third-order valence-corrected chi connectivity index (χ3v) is 5.34. The first-order valence-electron chi connectivity index (χ1n) is 8.88. The van der Waals surface area contributed by atoms with Crippen LogP contribution in [0, 0.1) is 5.92 Å². The van der Waals surface area contributed by atoms with Crippen molar-refractivity contribution in [3.05, 3.63) is 0 Å². The standard InChI is InChI=1S/C17H35N3/c1-4-19-11-7-16(8-12-19)14-18-17-6-5-10-20(13-9-17)15(2)3/h15-18H,4-14H2,1-3H3. The molecule has 0 aromatic heterocycles. The van der Waals surface area contributed by atoms with Crippen molar-refractivity contribution in [1.82, 2.24) is 15.1 Å². The lowest BCUT2D eigenvalue weighted by atomic mass is 9.96. The van der Waals surface area contributed by atoms with Crippen molar-refractivity contribution in [3.63, 3.8) is 0 Å². The maximum absolute atomic E-state index is 3.88. The zero-order valence-corrected chi connectivity index (χ0v) is 13.9. The van der Waals surface area contributed by atoms with E-state index in [1.54, 1.807) is 0 Å². The molecule has 118 valence electrons. The van der Waals surface area contributed by atoms with Gasteiger partial charge in [0.15, 0.2) is 0 Å². The summed E-state index contributed by atoms with van der Waals surface area (Å²) in [6.45, 7) is 14.6. The van der Waals surface area contributed by atoms with Gasteiger partial charge >= 0.3 is 0 Å². The summed E-state index contributed by atoms with van der Waals surface area (Å²) in [6, 6.07) is 1.48. The van der Waals surface area contributed by atoms with Gasteiger partial charge in [-0.15, -0.1) is 0 Å². The predicted octanol–water partition coefficient (Wildman–Crippen LogP) is 2.57. The van der Waals surface area contributed by atoms with Crippen LogP contribution in [-0.2, 0) is 0 Å². The lowest BCUT2D eigenvalue weighted by Crippen LogP contribution is -2.40. The van der Waals surface area contributed by atoms with Gasteiger partial charge in [-0.2, -0.15) is 0 Å². The van der Waals surface area contributed by atoms with Crippen LogP contribution in [0.2, 0.25) is 0 Å². The molecule has 0 radical (unpaired) electrons. The van der Waals surface area contributed by atoms with Crippen molar-refractivity contribution in [2.45, 2.75) is 65.0 Å². The van der Waals surface area contributed by atoms with E-state index in [1.165, 1.54) is 71.4 Å². The Labute approximate surface area is 126 Å². The van der Waals surface area contributed by atoms with E-state index in [0.29, 0.717) is 6.04 Å². The molecule has 2 aliphatic rings. The molecule has 2 heterocycles. The Bertz CT molecular complexity index is 259. The van der Waals surface area contributed by atoms with Crippen molar-refractivity contribution in [2.24, 2.45) is 5.92 Å². The third kappa shape index (κ3) is 5.01. The summed E-state index contributed by atoms with van der Waals surface area (Å²) in [5.74, 6) is 0.919. The molecule has 2 saturated heterocycles. The number of nitrogens with one attached hydrogen (secondary N) is 1. The number of likely N-dealkylation sites (tertiary alicyclic amines) is 2. The van der Waals surface area contributed by atoms with E-state index in [1.807, 2.05) is 0 Å². The molecule has 1 N–H and O–H groups in total. The average Bonchev–Trinajstić information content (AvgIpc) is 2.71. The van der Waals surface area contributed by atoms with Crippen molar-refractivity contribution in [2.75, 3.05) is 39.3 Å². The molecule has 0 aromatic carbocycles. The topological polar surface area (TPSA) is 18.5 Å². The van der Waals surface area contributed by atoms with Crippen molar-refractivity contribution in [3.8, 4) is 0 Å². The van der Waals surface area contributed by atoms with Crippen LogP contribution in [0.4, 0.5) is 0 Å². The summed E-state index contributed by atoms with van der Waals surface area (Å²) in [4.78, 5) is 5.23. The maximum atomic E-state index is 3.88. The fraction of sp³-hybridized carbons (Fsp3) is 1.00.